The van der Waals surface area contributed by atoms with Crippen LogP contribution in [0.3, 0.4) is 0 Å². The van der Waals surface area contributed by atoms with Crippen LogP contribution in [0.4, 0.5) is 10.6 Å². The molecule has 0 aliphatic heterocycles. The van der Waals surface area contributed by atoms with Crippen molar-refractivity contribution in [3.05, 3.63) is 16.7 Å². The van der Waals surface area contributed by atoms with E-state index in [0.717, 1.165) is 25.7 Å². The molecule has 0 aromatic carbocycles. The van der Waals surface area contributed by atoms with E-state index in [0.29, 0.717) is 16.4 Å². The molecular formula is C18H25ClN4O3. The first-order valence-electron chi connectivity index (χ1n) is 8.62. The molecule has 26 heavy (non-hydrogen) atoms. The molecule has 142 valence electrons. The Bertz CT molecular complexity index is 689. The van der Waals surface area contributed by atoms with Gasteiger partial charge in [-0.05, 0) is 52.5 Å². The SMILES string of the molecule is COc1nc(NC2CCC(OC(=O)NC(C)(C)C)CC2)c(Cl)cc1C#N. The van der Waals surface area contributed by atoms with Gasteiger partial charge in [0.1, 0.15) is 23.6 Å². The highest BCUT2D eigenvalue weighted by Crippen LogP contribution is 2.30. The lowest BCUT2D eigenvalue weighted by Crippen LogP contribution is -2.43. The number of nitriles is 1. The number of aromatic nitrogens is 1. The third-order valence-corrected chi connectivity index (χ3v) is 4.31. The minimum atomic E-state index is -0.379. The number of pyridine rings is 1. The number of hydrogen-bond donors (Lipinski definition) is 2. The zero-order chi connectivity index (χ0) is 19.3. The predicted molar refractivity (Wildman–Crippen MR) is 99.6 cm³/mol. The maximum absolute atomic E-state index is 11.9. The van der Waals surface area contributed by atoms with Crippen molar-refractivity contribution in [1.29, 1.82) is 5.26 Å². The van der Waals surface area contributed by atoms with Crippen LogP contribution in [0.2, 0.25) is 5.02 Å². The minimum absolute atomic E-state index is 0.0886. The van der Waals surface area contributed by atoms with Crippen LogP contribution in [0.5, 0.6) is 5.88 Å². The van der Waals surface area contributed by atoms with Crippen molar-refractivity contribution in [3.63, 3.8) is 0 Å². The highest BCUT2D eigenvalue weighted by Gasteiger charge is 2.26. The summed E-state index contributed by atoms with van der Waals surface area (Å²) >= 11 is 6.21. The summed E-state index contributed by atoms with van der Waals surface area (Å²) in [6.45, 7) is 5.74. The number of alkyl carbamates (subject to hydrolysis) is 1. The summed E-state index contributed by atoms with van der Waals surface area (Å²) in [5.41, 5.74) is -0.0163. The van der Waals surface area contributed by atoms with Gasteiger partial charge in [0.15, 0.2) is 0 Å². The van der Waals surface area contributed by atoms with E-state index >= 15 is 0 Å². The van der Waals surface area contributed by atoms with Gasteiger partial charge in [-0.25, -0.2) is 4.79 Å². The molecule has 0 radical (unpaired) electrons. The van der Waals surface area contributed by atoms with Gasteiger partial charge >= 0.3 is 6.09 Å². The van der Waals surface area contributed by atoms with E-state index < -0.39 is 0 Å². The molecule has 2 rings (SSSR count). The molecule has 8 heteroatoms. The largest absolute Gasteiger partial charge is 0.480 e. The summed E-state index contributed by atoms with van der Waals surface area (Å²) in [4.78, 5) is 16.1. The van der Waals surface area contributed by atoms with Gasteiger partial charge in [0.2, 0.25) is 5.88 Å². The topological polar surface area (TPSA) is 96.3 Å². The predicted octanol–water partition coefficient (Wildman–Crippen LogP) is 3.86. The summed E-state index contributed by atoms with van der Waals surface area (Å²) in [7, 11) is 1.46. The Morgan fingerprint density at radius 1 is 1.35 bits per heavy atom. The van der Waals surface area contributed by atoms with Gasteiger partial charge in [-0.1, -0.05) is 11.6 Å². The molecular weight excluding hydrogens is 356 g/mol. The summed E-state index contributed by atoms with van der Waals surface area (Å²) in [6.07, 6.45) is 2.71. The van der Waals surface area contributed by atoms with Crippen LogP contribution in [0.1, 0.15) is 52.0 Å². The summed E-state index contributed by atoms with van der Waals surface area (Å²) in [5.74, 6) is 0.743. The van der Waals surface area contributed by atoms with Crippen LogP contribution in [0.15, 0.2) is 6.07 Å². The number of anilines is 1. The van der Waals surface area contributed by atoms with E-state index in [1.54, 1.807) is 6.07 Å². The van der Waals surface area contributed by atoms with Gasteiger partial charge in [0, 0.05) is 11.6 Å². The fourth-order valence-corrected chi connectivity index (χ4v) is 3.02. The van der Waals surface area contributed by atoms with Gasteiger partial charge in [-0.2, -0.15) is 10.2 Å². The lowest BCUT2D eigenvalue weighted by atomic mass is 9.93. The first kappa shape index (κ1) is 20.1. The number of halogens is 1. The van der Waals surface area contributed by atoms with Gasteiger partial charge < -0.3 is 20.1 Å². The second-order valence-electron chi connectivity index (χ2n) is 7.39. The van der Waals surface area contributed by atoms with Crippen LogP contribution in [-0.4, -0.2) is 35.9 Å². The molecule has 0 spiro atoms. The molecule has 1 saturated carbocycles. The molecule has 1 amide bonds. The standard InChI is InChI=1S/C18H25ClN4O3/c1-18(2,3)23-17(24)26-13-7-5-12(6-8-13)21-15-14(19)9-11(10-20)16(22-15)25-4/h9,12-13H,5-8H2,1-4H3,(H,21,22)(H,23,24). The lowest BCUT2D eigenvalue weighted by Gasteiger charge is -2.30. The Balaban J connectivity index is 1.89. The fourth-order valence-electron chi connectivity index (χ4n) is 2.81. The van der Waals surface area contributed by atoms with Crippen molar-refractivity contribution < 1.29 is 14.3 Å². The zero-order valence-corrected chi connectivity index (χ0v) is 16.3. The van der Waals surface area contributed by atoms with Crippen molar-refractivity contribution in [1.82, 2.24) is 10.3 Å². The number of carbonyl (C=O) groups is 1. The molecule has 1 fully saturated rings. The van der Waals surface area contributed by atoms with E-state index in [-0.39, 0.29) is 29.7 Å². The van der Waals surface area contributed by atoms with E-state index in [4.69, 9.17) is 26.3 Å². The molecule has 0 saturated heterocycles. The average Bonchev–Trinajstić information content (AvgIpc) is 2.56. The van der Waals surface area contributed by atoms with Crippen LogP contribution >= 0.6 is 11.6 Å². The number of nitrogens with zero attached hydrogens (tertiary/aromatic N) is 2. The number of carbonyl (C=O) groups excluding carboxylic acids is 1. The summed E-state index contributed by atoms with van der Waals surface area (Å²) in [5, 5.41) is 15.5. The number of ether oxygens (including phenoxy) is 2. The van der Waals surface area contributed by atoms with Gasteiger partial charge in [-0.3, -0.25) is 0 Å². The fraction of sp³-hybridized carbons (Fsp3) is 0.611. The van der Waals surface area contributed by atoms with Gasteiger partial charge in [0.25, 0.3) is 0 Å². The molecule has 0 bridgehead atoms. The number of methoxy groups -OCH3 is 1. The molecule has 1 heterocycles. The Morgan fingerprint density at radius 3 is 2.54 bits per heavy atom. The smallest absolute Gasteiger partial charge is 0.407 e. The summed E-state index contributed by atoms with van der Waals surface area (Å²) in [6, 6.07) is 3.72. The molecule has 1 aliphatic carbocycles. The first-order chi connectivity index (χ1) is 12.2. The van der Waals surface area contributed by atoms with Crippen LogP contribution < -0.4 is 15.4 Å². The highest BCUT2D eigenvalue weighted by molar-refractivity contribution is 6.33. The quantitative estimate of drug-likeness (QED) is 0.823. The molecule has 1 aromatic heterocycles. The Hall–Kier alpha value is -2.20. The maximum Gasteiger partial charge on any atom is 0.407 e. The number of hydrogen-bond acceptors (Lipinski definition) is 6. The molecule has 0 unspecified atom stereocenters. The van der Waals surface area contributed by atoms with Crippen molar-refractivity contribution in [2.75, 3.05) is 12.4 Å². The maximum atomic E-state index is 11.9. The first-order valence-corrected chi connectivity index (χ1v) is 8.99. The molecule has 1 aromatic rings. The Labute approximate surface area is 159 Å². The van der Waals surface area contributed by atoms with Crippen LogP contribution in [0, 0.1) is 11.3 Å². The van der Waals surface area contributed by atoms with Crippen molar-refractivity contribution in [2.45, 2.75) is 64.1 Å². The van der Waals surface area contributed by atoms with E-state index in [2.05, 4.69) is 15.6 Å². The Kier molecular flexibility index (Phi) is 6.54. The lowest BCUT2D eigenvalue weighted by molar-refractivity contribution is 0.0682. The van der Waals surface area contributed by atoms with Crippen molar-refractivity contribution >= 4 is 23.5 Å². The highest BCUT2D eigenvalue weighted by atomic mass is 35.5. The van der Waals surface area contributed by atoms with Crippen LogP contribution in [-0.2, 0) is 4.74 Å². The second-order valence-corrected chi connectivity index (χ2v) is 7.79. The average molecular weight is 381 g/mol. The summed E-state index contributed by atoms with van der Waals surface area (Å²) < 4.78 is 10.6. The van der Waals surface area contributed by atoms with Crippen molar-refractivity contribution in [3.8, 4) is 11.9 Å². The zero-order valence-electron chi connectivity index (χ0n) is 15.6. The molecule has 7 nitrogen and oxygen atoms in total. The normalized spacial score (nSPS) is 20.0. The Morgan fingerprint density at radius 2 is 2.00 bits per heavy atom. The number of amides is 1. The number of nitrogens with one attached hydrogen (secondary N) is 2. The monoisotopic (exact) mass is 380 g/mol. The van der Waals surface area contributed by atoms with E-state index in [9.17, 15) is 4.79 Å². The van der Waals surface area contributed by atoms with Gasteiger partial charge in [-0.15, -0.1) is 0 Å². The third-order valence-electron chi connectivity index (χ3n) is 4.02. The van der Waals surface area contributed by atoms with E-state index in [1.807, 2.05) is 26.8 Å². The second kappa shape index (κ2) is 8.45. The minimum Gasteiger partial charge on any atom is -0.480 e. The molecule has 2 N–H and O–H groups in total. The van der Waals surface area contributed by atoms with Gasteiger partial charge in [0.05, 0.1) is 12.1 Å². The molecule has 0 atom stereocenters. The third kappa shape index (κ3) is 5.67. The van der Waals surface area contributed by atoms with Crippen LogP contribution in [0.25, 0.3) is 0 Å². The molecule has 1 aliphatic rings. The number of rotatable bonds is 4. The van der Waals surface area contributed by atoms with E-state index in [1.165, 1.54) is 7.11 Å². The van der Waals surface area contributed by atoms with Crippen molar-refractivity contribution in [2.24, 2.45) is 0 Å².